The first-order valence-corrected chi connectivity index (χ1v) is 9.99. The molecule has 2 unspecified atom stereocenters. The van der Waals surface area contributed by atoms with E-state index in [1.807, 2.05) is 37.3 Å². The molecule has 178 valence electrons. The molecule has 0 fully saturated rings. The number of aliphatic hydroxyl groups excluding tert-OH is 2. The van der Waals surface area contributed by atoms with Gasteiger partial charge in [-0.2, -0.15) is 13.2 Å². The molecule has 0 aromatic heterocycles. The Labute approximate surface area is 202 Å². The molecule has 0 heterocycles. The molecule has 0 saturated carbocycles. The average molecular weight is 567 g/mol. The minimum absolute atomic E-state index is 0. The van der Waals surface area contributed by atoms with Crippen LogP contribution in [0.15, 0.2) is 59.6 Å². The Balaban J connectivity index is 0.00000512. The summed E-state index contributed by atoms with van der Waals surface area (Å²) in [4.78, 5) is 4.29. The lowest BCUT2D eigenvalue weighted by atomic mass is 10.0. The lowest BCUT2D eigenvalue weighted by Gasteiger charge is -2.18. The second-order valence-corrected chi connectivity index (χ2v) is 6.88. The summed E-state index contributed by atoms with van der Waals surface area (Å²) in [6.45, 7) is 2.67. The van der Waals surface area contributed by atoms with E-state index in [-0.39, 0.29) is 55.4 Å². The standard InChI is InChI=1S/C22H28F3N3O3.HI/c1-2-26-21(27-12-17(14-29)16-7-4-3-5-8-16)28-13-19(30)15-31-20-10-6-9-18(11-20)22(23,24)25;/h3-11,17,19,29-30H,2,12-15H2,1H3,(H2,26,27,28);1H. The van der Waals surface area contributed by atoms with E-state index in [4.69, 9.17) is 4.74 Å². The molecule has 0 saturated heterocycles. The van der Waals surface area contributed by atoms with Crippen LogP contribution in [0.2, 0.25) is 0 Å². The average Bonchev–Trinajstić information content (AvgIpc) is 2.76. The summed E-state index contributed by atoms with van der Waals surface area (Å²) in [5, 5.41) is 25.9. The third-order valence-corrected chi connectivity index (χ3v) is 4.42. The zero-order valence-electron chi connectivity index (χ0n) is 17.7. The van der Waals surface area contributed by atoms with Gasteiger partial charge >= 0.3 is 6.18 Å². The molecule has 10 heteroatoms. The smallest absolute Gasteiger partial charge is 0.416 e. The van der Waals surface area contributed by atoms with E-state index in [0.717, 1.165) is 17.7 Å². The molecule has 2 aromatic rings. The number of ether oxygens (including phenoxy) is 1. The fourth-order valence-corrected chi connectivity index (χ4v) is 2.78. The monoisotopic (exact) mass is 567 g/mol. The van der Waals surface area contributed by atoms with Crippen LogP contribution in [0, 0.1) is 0 Å². The molecule has 6 nitrogen and oxygen atoms in total. The number of benzene rings is 2. The summed E-state index contributed by atoms with van der Waals surface area (Å²) in [5.74, 6) is 0.353. The first-order chi connectivity index (χ1) is 14.8. The maximum Gasteiger partial charge on any atom is 0.416 e. The zero-order chi connectivity index (χ0) is 22.7. The summed E-state index contributed by atoms with van der Waals surface area (Å²) >= 11 is 0. The third kappa shape index (κ3) is 9.61. The van der Waals surface area contributed by atoms with Gasteiger partial charge in [0.2, 0.25) is 0 Å². The molecule has 2 aromatic carbocycles. The molecule has 2 rings (SSSR count). The zero-order valence-corrected chi connectivity index (χ0v) is 20.0. The maximum absolute atomic E-state index is 12.8. The van der Waals surface area contributed by atoms with Gasteiger partial charge in [-0.15, -0.1) is 24.0 Å². The predicted octanol–water partition coefficient (Wildman–Crippen LogP) is 3.39. The van der Waals surface area contributed by atoms with E-state index < -0.39 is 17.8 Å². The fourth-order valence-electron chi connectivity index (χ4n) is 2.78. The van der Waals surface area contributed by atoms with Crippen molar-refractivity contribution < 1.29 is 28.1 Å². The van der Waals surface area contributed by atoms with E-state index >= 15 is 0 Å². The number of hydrogen-bond acceptors (Lipinski definition) is 4. The minimum Gasteiger partial charge on any atom is -0.491 e. The summed E-state index contributed by atoms with van der Waals surface area (Å²) < 4.78 is 43.6. The van der Waals surface area contributed by atoms with Crippen LogP contribution in [0.4, 0.5) is 13.2 Å². The number of nitrogens with one attached hydrogen (secondary N) is 2. The quantitative estimate of drug-likeness (QED) is 0.201. The first-order valence-electron chi connectivity index (χ1n) is 9.99. The summed E-state index contributed by atoms with van der Waals surface area (Å²) in [6.07, 6.45) is -5.46. The number of hydrogen-bond donors (Lipinski definition) is 4. The molecule has 0 bridgehead atoms. The van der Waals surface area contributed by atoms with Gasteiger partial charge in [-0.3, -0.25) is 4.99 Å². The van der Waals surface area contributed by atoms with Crippen LogP contribution in [-0.2, 0) is 6.18 Å². The van der Waals surface area contributed by atoms with Crippen molar-refractivity contribution in [2.24, 2.45) is 4.99 Å². The molecule has 0 amide bonds. The highest BCUT2D eigenvalue weighted by Gasteiger charge is 2.30. The number of rotatable bonds is 10. The van der Waals surface area contributed by atoms with E-state index in [2.05, 4.69) is 15.6 Å². The van der Waals surface area contributed by atoms with Crippen molar-refractivity contribution in [1.82, 2.24) is 10.6 Å². The summed E-state index contributed by atoms with van der Waals surface area (Å²) in [6, 6.07) is 14.1. The lowest BCUT2D eigenvalue weighted by molar-refractivity contribution is -0.137. The number of nitrogens with zero attached hydrogens (tertiary/aromatic N) is 1. The Morgan fingerprint density at radius 2 is 1.81 bits per heavy atom. The highest BCUT2D eigenvalue weighted by molar-refractivity contribution is 14.0. The highest BCUT2D eigenvalue weighted by Crippen LogP contribution is 2.31. The second kappa shape index (κ2) is 14.2. The van der Waals surface area contributed by atoms with Crippen molar-refractivity contribution in [2.45, 2.75) is 25.1 Å². The molecule has 0 aliphatic heterocycles. The SMILES string of the molecule is CCNC(=NCC(O)COc1cccc(C(F)(F)F)c1)NCC(CO)c1ccccc1.I. The number of halogens is 4. The van der Waals surface area contributed by atoms with Crippen LogP contribution in [-0.4, -0.2) is 55.1 Å². The Morgan fingerprint density at radius 1 is 1.09 bits per heavy atom. The van der Waals surface area contributed by atoms with Crippen LogP contribution in [0.5, 0.6) is 5.75 Å². The highest BCUT2D eigenvalue weighted by atomic mass is 127. The van der Waals surface area contributed by atoms with Gasteiger partial charge in [0, 0.05) is 19.0 Å². The van der Waals surface area contributed by atoms with E-state index in [1.54, 1.807) is 0 Å². The van der Waals surface area contributed by atoms with Gasteiger partial charge in [0.25, 0.3) is 0 Å². The van der Waals surface area contributed by atoms with Crippen LogP contribution in [0.3, 0.4) is 0 Å². The van der Waals surface area contributed by atoms with E-state index in [1.165, 1.54) is 12.1 Å². The predicted molar refractivity (Wildman–Crippen MR) is 129 cm³/mol. The van der Waals surface area contributed by atoms with Gasteiger partial charge in [-0.25, -0.2) is 0 Å². The number of aliphatic imine (C=N–C) groups is 1. The minimum atomic E-state index is -4.46. The van der Waals surface area contributed by atoms with Gasteiger partial charge in [-0.05, 0) is 30.7 Å². The van der Waals surface area contributed by atoms with Crippen molar-refractivity contribution in [2.75, 3.05) is 32.8 Å². The van der Waals surface area contributed by atoms with Gasteiger partial charge in [-0.1, -0.05) is 36.4 Å². The normalized spacial score (nSPS) is 13.6. The largest absolute Gasteiger partial charge is 0.491 e. The molecule has 0 radical (unpaired) electrons. The number of alkyl halides is 3. The summed E-state index contributed by atoms with van der Waals surface area (Å²) in [5.41, 5.74) is 0.177. The van der Waals surface area contributed by atoms with Gasteiger partial charge in [0.05, 0.1) is 18.7 Å². The molecular weight excluding hydrogens is 538 g/mol. The van der Waals surface area contributed by atoms with Gasteiger partial charge < -0.3 is 25.6 Å². The molecule has 0 spiro atoms. The Bertz CT molecular complexity index is 823. The summed E-state index contributed by atoms with van der Waals surface area (Å²) in [7, 11) is 0. The van der Waals surface area contributed by atoms with Crippen molar-refractivity contribution in [1.29, 1.82) is 0 Å². The van der Waals surface area contributed by atoms with Crippen molar-refractivity contribution in [3.63, 3.8) is 0 Å². The topological polar surface area (TPSA) is 86.1 Å². The number of aliphatic hydroxyl groups is 2. The van der Waals surface area contributed by atoms with Gasteiger partial charge in [0.1, 0.15) is 18.5 Å². The van der Waals surface area contributed by atoms with Crippen molar-refractivity contribution in [3.8, 4) is 5.75 Å². The Morgan fingerprint density at radius 3 is 2.44 bits per heavy atom. The lowest BCUT2D eigenvalue weighted by Crippen LogP contribution is -2.40. The van der Waals surface area contributed by atoms with Crippen LogP contribution in [0.25, 0.3) is 0 Å². The Hall–Kier alpha value is -2.05. The fraction of sp³-hybridized carbons (Fsp3) is 0.409. The van der Waals surface area contributed by atoms with Crippen LogP contribution >= 0.6 is 24.0 Å². The Kier molecular flexibility index (Phi) is 12.4. The number of guanidine groups is 1. The van der Waals surface area contributed by atoms with Crippen molar-refractivity contribution >= 4 is 29.9 Å². The molecule has 0 aliphatic rings. The van der Waals surface area contributed by atoms with E-state index in [9.17, 15) is 23.4 Å². The molecule has 0 aliphatic carbocycles. The van der Waals surface area contributed by atoms with Crippen molar-refractivity contribution in [3.05, 3.63) is 65.7 Å². The third-order valence-electron chi connectivity index (χ3n) is 4.42. The molecule has 2 atom stereocenters. The molecule has 4 N–H and O–H groups in total. The van der Waals surface area contributed by atoms with Crippen LogP contribution < -0.4 is 15.4 Å². The first kappa shape index (κ1) is 28.0. The van der Waals surface area contributed by atoms with Crippen LogP contribution in [0.1, 0.15) is 24.0 Å². The van der Waals surface area contributed by atoms with E-state index in [0.29, 0.717) is 19.0 Å². The second-order valence-electron chi connectivity index (χ2n) is 6.88. The molecular formula is C22H29F3IN3O3. The molecule has 32 heavy (non-hydrogen) atoms. The maximum atomic E-state index is 12.8. The van der Waals surface area contributed by atoms with Gasteiger partial charge in [0.15, 0.2) is 5.96 Å².